The second kappa shape index (κ2) is 6.08. The molecule has 0 bridgehead atoms. The summed E-state index contributed by atoms with van der Waals surface area (Å²) in [5.74, 6) is 7.26. The van der Waals surface area contributed by atoms with E-state index in [1.165, 1.54) is 5.01 Å². The lowest BCUT2D eigenvalue weighted by Gasteiger charge is -2.30. The minimum atomic E-state index is -0.758. The molecule has 0 spiro atoms. The number of nitrogens with zero attached hydrogens (tertiary/aromatic N) is 3. The molecule has 0 radical (unpaired) electrons. The lowest BCUT2D eigenvalue weighted by Crippen LogP contribution is -2.48. The van der Waals surface area contributed by atoms with E-state index in [4.69, 9.17) is 16.0 Å². The minimum absolute atomic E-state index is 0.382. The van der Waals surface area contributed by atoms with E-state index in [2.05, 4.69) is 11.1 Å². The van der Waals surface area contributed by atoms with Crippen molar-refractivity contribution in [2.75, 3.05) is 0 Å². The normalized spacial score (nSPS) is 17.9. The molecule has 0 amide bonds. The molecule has 0 saturated heterocycles. The van der Waals surface area contributed by atoms with Gasteiger partial charge in [-0.3, -0.25) is 10.7 Å². The number of nitriles is 1. The van der Waals surface area contributed by atoms with Crippen molar-refractivity contribution in [3.05, 3.63) is 65.1 Å². The summed E-state index contributed by atoms with van der Waals surface area (Å²) in [6, 6.07) is 15.6. The van der Waals surface area contributed by atoms with Crippen molar-refractivity contribution in [2.45, 2.75) is 19.6 Å². The molecule has 1 aromatic carbocycles. The molecule has 2 aromatic rings. The first-order chi connectivity index (χ1) is 11.1. The number of nitrogens with two attached hydrogens (primary N) is 2. The van der Waals surface area contributed by atoms with Crippen LogP contribution in [0, 0.1) is 18.3 Å². The largest absolute Gasteiger partial charge is 0.460 e. The van der Waals surface area contributed by atoms with Crippen LogP contribution in [-0.2, 0) is 6.42 Å². The van der Waals surface area contributed by atoms with Gasteiger partial charge in [0.1, 0.15) is 23.1 Å². The molecule has 4 N–H and O–H groups in total. The van der Waals surface area contributed by atoms with Crippen LogP contribution in [0.1, 0.15) is 17.1 Å². The quantitative estimate of drug-likeness (QED) is 0.843. The number of benzene rings is 1. The van der Waals surface area contributed by atoms with Gasteiger partial charge in [-0.25, -0.2) is 10.8 Å². The lowest BCUT2D eigenvalue weighted by molar-refractivity contribution is 0.304. The van der Waals surface area contributed by atoms with Gasteiger partial charge in [0.15, 0.2) is 12.0 Å². The van der Waals surface area contributed by atoms with Crippen molar-refractivity contribution in [1.82, 2.24) is 5.01 Å². The fourth-order valence-electron chi connectivity index (χ4n) is 2.54. The number of aliphatic imine (C=N–C) groups is 1. The van der Waals surface area contributed by atoms with Crippen molar-refractivity contribution >= 4 is 11.4 Å². The summed E-state index contributed by atoms with van der Waals surface area (Å²) < 4.78 is 5.63. The van der Waals surface area contributed by atoms with E-state index >= 15 is 0 Å². The highest BCUT2D eigenvalue weighted by Gasteiger charge is 2.29. The van der Waals surface area contributed by atoms with Crippen LogP contribution in [0.15, 0.2) is 57.4 Å². The Morgan fingerprint density at radius 3 is 2.61 bits per heavy atom. The number of allylic oxidation sites excluding steroid dienone is 1. The predicted octanol–water partition coefficient (Wildman–Crippen LogP) is 1.94. The van der Waals surface area contributed by atoms with E-state index in [-0.39, 0.29) is 0 Å². The van der Waals surface area contributed by atoms with Crippen LogP contribution in [0.4, 0.5) is 0 Å². The Morgan fingerprint density at radius 1 is 1.26 bits per heavy atom. The highest BCUT2D eigenvalue weighted by atomic mass is 16.3. The molecule has 1 aliphatic heterocycles. The number of hydrogen-bond acceptors (Lipinski definition) is 6. The van der Waals surface area contributed by atoms with Gasteiger partial charge in [-0.1, -0.05) is 30.3 Å². The summed E-state index contributed by atoms with van der Waals surface area (Å²) in [5, 5.41) is 10.9. The average molecular weight is 307 g/mol. The molecule has 3 rings (SSSR count). The SMILES string of the molecule is Cc1ccc(C2=C(C#N)C(Cc3ccccc3)=NC(N)N2N)o1. The summed E-state index contributed by atoms with van der Waals surface area (Å²) in [5.41, 5.74) is 8.51. The molecule has 1 aromatic heterocycles. The van der Waals surface area contributed by atoms with Crippen LogP contribution in [0.5, 0.6) is 0 Å². The first-order valence-corrected chi connectivity index (χ1v) is 7.22. The predicted molar refractivity (Wildman–Crippen MR) is 87.6 cm³/mol. The van der Waals surface area contributed by atoms with Crippen molar-refractivity contribution in [3.63, 3.8) is 0 Å². The van der Waals surface area contributed by atoms with Gasteiger partial charge in [0.05, 0.1) is 5.71 Å². The van der Waals surface area contributed by atoms with Crippen molar-refractivity contribution < 1.29 is 4.42 Å². The molecule has 0 saturated carbocycles. The molecule has 23 heavy (non-hydrogen) atoms. The molecule has 1 atom stereocenters. The number of hydrazine groups is 1. The Kier molecular flexibility index (Phi) is 3.98. The van der Waals surface area contributed by atoms with Crippen molar-refractivity contribution in [1.29, 1.82) is 5.26 Å². The number of aryl methyl sites for hydroxylation is 1. The standard InChI is InChI=1S/C17H17N5O/c1-11-7-8-15(23-11)16-13(10-18)14(21-17(19)22(16)20)9-12-5-3-2-4-6-12/h2-8,17H,9,19-20H2,1H3. The molecule has 0 aliphatic carbocycles. The topological polar surface area (TPSA) is 105 Å². The molecule has 2 heterocycles. The third-order valence-corrected chi connectivity index (χ3v) is 3.66. The van der Waals surface area contributed by atoms with Gasteiger partial charge in [0.25, 0.3) is 0 Å². The Balaban J connectivity index is 2.07. The van der Waals surface area contributed by atoms with Crippen molar-refractivity contribution in [3.8, 4) is 6.07 Å². The third kappa shape index (κ3) is 2.88. The first-order valence-electron chi connectivity index (χ1n) is 7.22. The molecule has 6 nitrogen and oxygen atoms in total. The molecule has 0 fully saturated rings. The molecular weight excluding hydrogens is 290 g/mol. The summed E-state index contributed by atoms with van der Waals surface area (Å²) in [7, 11) is 0. The van der Waals surface area contributed by atoms with Crippen LogP contribution in [0.25, 0.3) is 5.70 Å². The van der Waals surface area contributed by atoms with Gasteiger partial charge in [-0.05, 0) is 24.6 Å². The van der Waals surface area contributed by atoms with Crippen LogP contribution in [-0.4, -0.2) is 17.0 Å². The Morgan fingerprint density at radius 2 is 2.00 bits per heavy atom. The highest BCUT2D eigenvalue weighted by molar-refractivity contribution is 6.11. The van der Waals surface area contributed by atoms with E-state index < -0.39 is 6.29 Å². The van der Waals surface area contributed by atoms with Crippen LogP contribution in [0.2, 0.25) is 0 Å². The molecule has 6 heteroatoms. The fraction of sp³-hybridized carbons (Fsp3) is 0.176. The van der Waals surface area contributed by atoms with E-state index in [1.807, 2.05) is 43.3 Å². The summed E-state index contributed by atoms with van der Waals surface area (Å²) in [4.78, 5) is 4.37. The maximum Gasteiger partial charge on any atom is 0.187 e. The molecule has 116 valence electrons. The number of furan rings is 1. The average Bonchev–Trinajstić information content (AvgIpc) is 2.97. The Labute approximate surface area is 134 Å². The maximum absolute atomic E-state index is 9.63. The van der Waals surface area contributed by atoms with Crippen LogP contribution in [0.3, 0.4) is 0 Å². The lowest BCUT2D eigenvalue weighted by atomic mass is 9.99. The first kappa shape index (κ1) is 15.0. The second-order valence-corrected chi connectivity index (χ2v) is 5.30. The maximum atomic E-state index is 9.63. The van der Waals surface area contributed by atoms with E-state index in [1.54, 1.807) is 6.07 Å². The van der Waals surface area contributed by atoms with Crippen LogP contribution < -0.4 is 11.6 Å². The van der Waals surface area contributed by atoms with Gasteiger partial charge in [-0.15, -0.1) is 0 Å². The smallest absolute Gasteiger partial charge is 0.187 e. The number of hydrogen-bond donors (Lipinski definition) is 2. The van der Waals surface area contributed by atoms with Gasteiger partial charge in [-0.2, -0.15) is 5.26 Å². The minimum Gasteiger partial charge on any atom is -0.460 e. The Hall–Kier alpha value is -2.88. The zero-order valence-electron chi connectivity index (χ0n) is 12.7. The molecular formula is C17H17N5O. The summed E-state index contributed by atoms with van der Waals surface area (Å²) in [6.45, 7) is 1.83. The zero-order valence-corrected chi connectivity index (χ0v) is 12.7. The fourth-order valence-corrected chi connectivity index (χ4v) is 2.54. The van der Waals surface area contributed by atoms with Gasteiger partial charge < -0.3 is 4.42 Å². The summed E-state index contributed by atoms with van der Waals surface area (Å²) in [6.07, 6.45) is -0.250. The van der Waals surface area contributed by atoms with E-state index in [9.17, 15) is 5.26 Å². The molecule has 1 unspecified atom stereocenters. The Bertz CT molecular complexity index is 813. The molecule has 1 aliphatic rings. The van der Waals surface area contributed by atoms with Crippen molar-refractivity contribution in [2.24, 2.45) is 16.6 Å². The monoisotopic (exact) mass is 307 g/mol. The third-order valence-electron chi connectivity index (χ3n) is 3.66. The van der Waals surface area contributed by atoms with Crippen LogP contribution >= 0.6 is 0 Å². The van der Waals surface area contributed by atoms with Gasteiger partial charge in [0.2, 0.25) is 0 Å². The van der Waals surface area contributed by atoms with Gasteiger partial charge in [0, 0.05) is 6.42 Å². The highest BCUT2D eigenvalue weighted by Crippen LogP contribution is 2.28. The van der Waals surface area contributed by atoms with E-state index in [0.29, 0.717) is 29.2 Å². The summed E-state index contributed by atoms with van der Waals surface area (Å²) >= 11 is 0. The van der Waals surface area contributed by atoms with E-state index in [0.717, 1.165) is 11.3 Å². The van der Waals surface area contributed by atoms with Gasteiger partial charge >= 0.3 is 0 Å². The second-order valence-electron chi connectivity index (χ2n) is 5.30. The zero-order chi connectivity index (χ0) is 16.4. The number of rotatable bonds is 3.